The molecule has 2 rings (SSSR count). The number of carbonyl (C=O) groups is 1. The number of hydrogen-bond acceptors (Lipinski definition) is 4. The van der Waals surface area contributed by atoms with Gasteiger partial charge >= 0.3 is 5.97 Å². The molecule has 2 atom stereocenters. The molecule has 0 aliphatic heterocycles. The van der Waals surface area contributed by atoms with Crippen LogP contribution in [-0.4, -0.2) is 23.6 Å². The Kier molecular flexibility index (Phi) is 3.08. The van der Waals surface area contributed by atoms with Crippen molar-refractivity contribution in [3.05, 3.63) is 23.9 Å². The Morgan fingerprint density at radius 2 is 2.38 bits per heavy atom. The smallest absolute Gasteiger partial charge is 0.339 e. The van der Waals surface area contributed by atoms with Crippen molar-refractivity contribution in [1.82, 2.24) is 4.98 Å². The minimum Gasteiger partial charge on any atom is -0.462 e. The first-order valence-corrected chi connectivity index (χ1v) is 5.60. The van der Waals surface area contributed by atoms with Gasteiger partial charge in [0.2, 0.25) is 0 Å². The molecular formula is C12H16N2O2. The molecule has 0 aromatic carbocycles. The number of ether oxygens (including phenoxy) is 1. The van der Waals surface area contributed by atoms with E-state index in [0.29, 0.717) is 18.2 Å². The SMILES string of the molecule is CCOC(=O)c1ccc(NC2CC2C)nc1. The Bertz CT molecular complexity index is 375. The maximum absolute atomic E-state index is 11.4. The Balaban J connectivity index is 1.96. The number of nitrogens with zero attached hydrogens (tertiary/aromatic N) is 1. The second kappa shape index (κ2) is 4.51. The molecule has 4 heteroatoms. The fourth-order valence-electron chi connectivity index (χ4n) is 1.53. The van der Waals surface area contributed by atoms with Crippen LogP contribution in [0.25, 0.3) is 0 Å². The number of carbonyl (C=O) groups excluding carboxylic acids is 1. The fourth-order valence-corrected chi connectivity index (χ4v) is 1.53. The van der Waals surface area contributed by atoms with Gasteiger partial charge < -0.3 is 10.1 Å². The van der Waals surface area contributed by atoms with Gasteiger partial charge in [0.25, 0.3) is 0 Å². The second-order valence-corrected chi connectivity index (χ2v) is 4.12. The van der Waals surface area contributed by atoms with Crippen molar-refractivity contribution in [2.45, 2.75) is 26.3 Å². The first kappa shape index (κ1) is 10.9. The monoisotopic (exact) mass is 220 g/mol. The molecule has 0 saturated heterocycles. The van der Waals surface area contributed by atoms with E-state index < -0.39 is 0 Å². The zero-order valence-electron chi connectivity index (χ0n) is 9.56. The summed E-state index contributed by atoms with van der Waals surface area (Å²) in [5.41, 5.74) is 0.497. The summed E-state index contributed by atoms with van der Waals surface area (Å²) in [4.78, 5) is 15.5. The molecule has 4 nitrogen and oxygen atoms in total. The summed E-state index contributed by atoms with van der Waals surface area (Å²) in [6, 6.07) is 4.10. The van der Waals surface area contributed by atoms with Crippen molar-refractivity contribution >= 4 is 11.8 Å². The largest absolute Gasteiger partial charge is 0.462 e. The van der Waals surface area contributed by atoms with Crippen LogP contribution in [0.3, 0.4) is 0 Å². The highest BCUT2D eigenvalue weighted by atomic mass is 16.5. The molecule has 16 heavy (non-hydrogen) atoms. The van der Waals surface area contributed by atoms with Crippen molar-refractivity contribution in [2.75, 3.05) is 11.9 Å². The molecule has 1 aromatic rings. The summed E-state index contributed by atoms with van der Waals surface area (Å²) in [7, 11) is 0. The van der Waals surface area contributed by atoms with E-state index in [0.717, 1.165) is 11.7 Å². The topological polar surface area (TPSA) is 51.2 Å². The number of hydrogen-bond donors (Lipinski definition) is 1. The number of anilines is 1. The standard InChI is InChI=1S/C12H16N2O2/c1-3-16-12(15)9-4-5-11(13-7-9)14-10-6-8(10)2/h4-5,7-8,10H,3,6H2,1-2H3,(H,13,14). The first-order chi connectivity index (χ1) is 7.70. The molecule has 0 amide bonds. The molecule has 1 saturated carbocycles. The Morgan fingerprint density at radius 3 is 2.88 bits per heavy atom. The molecule has 1 heterocycles. The van der Waals surface area contributed by atoms with Crippen LogP contribution in [0.15, 0.2) is 18.3 Å². The average Bonchev–Trinajstić information content (AvgIpc) is 2.95. The van der Waals surface area contributed by atoms with E-state index in [2.05, 4.69) is 17.2 Å². The summed E-state index contributed by atoms with van der Waals surface area (Å²) in [6.07, 6.45) is 2.74. The molecule has 1 fully saturated rings. The third kappa shape index (κ3) is 2.51. The van der Waals surface area contributed by atoms with Crippen molar-refractivity contribution < 1.29 is 9.53 Å². The Morgan fingerprint density at radius 1 is 1.62 bits per heavy atom. The van der Waals surface area contributed by atoms with Gasteiger partial charge in [-0.3, -0.25) is 0 Å². The Hall–Kier alpha value is -1.58. The van der Waals surface area contributed by atoms with Crippen molar-refractivity contribution in [3.8, 4) is 0 Å². The highest BCUT2D eigenvalue weighted by Gasteiger charge is 2.32. The number of pyridine rings is 1. The third-order valence-electron chi connectivity index (χ3n) is 2.72. The van der Waals surface area contributed by atoms with Gasteiger partial charge in [0.15, 0.2) is 0 Å². The van der Waals surface area contributed by atoms with Crippen LogP contribution >= 0.6 is 0 Å². The van der Waals surface area contributed by atoms with Gasteiger partial charge in [-0.25, -0.2) is 9.78 Å². The van der Waals surface area contributed by atoms with Crippen LogP contribution in [0.4, 0.5) is 5.82 Å². The van der Waals surface area contributed by atoms with E-state index in [-0.39, 0.29) is 5.97 Å². The predicted octanol–water partition coefficient (Wildman–Crippen LogP) is 2.08. The lowest BCUT2D eigenvalue weighted by Crippen LogP contribution is -2.08. The van der Waals surface area contributed by atoms with Gasteiger partial charge in [0.1, 0.15) is 5.82 Å². The number of nitrogens with one attached hydrogen (secondary N) is 1. The summed E-state index contributed by atoms with van der Waals surface area (Å²) in [5.74, 6) is 1.23. The normalized spacial score (nSPS) is 22.6. The Labute approximate surface area is 95.0 Å². The van der Waals surface area contributed by atoms with Crippen LogP contribution < -0.4 is 5.32 Å². The first-order valence-electron chi connectivity index (χ1n) is 5.60. The molecule has 86 valence electrons. The van der Waals surface area contributed by atoms with Crippen LogP contribution in [0.2, 0.25) is 0 Å². The van der Waals surface area contributed by atoms with Gasteiger partial charge in [-0.05, 0) is 31.4 Å². The van der Waals surface area contributed by atoms with Gasteiger partial charge in [-0.15, -0.1) is 0 Å². The van der Waals surface area contributed by atoms with Crippen LogP contribution in [-0.2, 0) is 4.74 Å². The minimum atomic E-state index is -0.318. The van der Waals surface area contributed by atoms with Gasteiger partial charge in [0.05, 0.1) is 12.2 Å². The molecule has 1 aromatic heterocycles. The summed E-state index contributed by atoms with van der Waals surface area (Å²) in [5, 5.41) is 3.30. The van der Waals surface area contributed by atoms with Gasteiger partial charge in [0, 0.05) is 12.2 Å². The summed E-state index contributed by atoms with van der Waals surface area (Å²) in [6.45, 7) is 4.37. The molecule has 0 spiro atoms. The summed E-state index contributed by atoms with van der Waals surface area (Å²) >= 11 is 0. The van der Waals surface area contributed by atoms with E-state index in [1.54, 1.807) is 19.2 Å². The molecule has 1 N–H and O–H groups in total. The van der Waals surface area contributed by atoms with Crippen LogP contribution in [0.1, 0.15) is 30.6 Å². The number of aromatic nitrogens is 1. The van der Waals surface area contributed by atoms with Gasteiger partial charge in [-0.2, -0.15) is 0 Å². The molecule has 1 aliphatic rings. The number of esters is 1. The van der Waals surface area contributed by atoms with Crippen molar-refractivity contribution in [2.24, 2.45) is 5.92 Å². The van der Waals surface area contributed by atoms with E-state index >= 15 is 0 Å². The highest BCUT2D eigenvalue weighted by Crippen LogP contribution is 2.31. The zero-order valence-corrected chi connectivity index (χ0v) is 9.56. The molecule has 2 unspecified atom stereocenters. The van der Waals surface area contributed by atoms with E-state index in [1.165, 1.54) is 6.42 Å². The molecule has 0 bridgehead atoms. The fraction of sp³-hybridized carbons (Fsp3) is 0.500. The lowest BCUT2D eigenvalue weighted by atomic mass is 10.3. The second-order valence-electron chi connectivity index (χ2n) is 4.12. The van der Waals surface area contributed by atoms with E-state index in [1.807, 2.05) is 6.07 Å². The zero-order chi connectivity index (χ0) is 11.5. The third-order valence-corrected chi connectivity index (χ3v) is 2.72. The minimum absolute atomic E-state index is 0.318. The van der Waals surface area contributed by atoms with Crippen LogP contribution in [0.5, 0.6) is 0 Å². The molecular weight excluding hydrogens is 204 g/mol. The van der Waals surface area contributed by atoms with E-state index in [4.69, 9.17) is 4.74 Å². The van der Waals surface area contributed by atoms with Gasteiger partial charge in [-0.1, -0.05) is 6.92 Å². The molecule has 1 aliphatic carbocycles. The van der Waals surface area contributed by atoms with Crippen molar-refractivity contribution in [1.29, 1.82) is 0 Å². The maximum Gasteiger partial charge on any atom is 0.339 e. The quantitative estimate of drug-likeness (QED) is 0.789. The van der Waals surface area contributed by atoms with Crippen LogP contribution in [0, 0.1) is 5.92 Å². The van der Waals surface area contributed by atoms with E-state index in [9.17, 15) is 4.79 Å². The lowest BCUT2D eigenvalue weighted by molar-refractivity contribution is 0.0526. The lowest BCUT2D eigenvalue weighted by Gasteiger charge is -2.05. The number of rotatable bonds is 4. The summed E-state index contributed by atoms with van der Waals surface area (Å²) < 4.78 is 4.88. The predicted molar refractivity (Wildman–Crippen MR) is 61.4 cm³/mol. The average molecular weight is 220 g/mol. The molecule has 0 radical (unpaired) electrons. The van der Waals surface area contributed by atoms with Crippen molar-refractivity contribution in [3.63, 3.8) is 0 Å². The maximum atomic E-state index is 11.4. The highest BCUT2D eigenvalue weighted by molar-refractivity contribution is 5.89.